The van der Waals surface area contributed by atoms with Crippen LogP contribution in [0.3, 0.4) is 0 Å². The van der Waals surface area contributed by atoms with E-state index in [2.05, 4.69) is 29.4 Å². The van der Waals surface area contributed by atoms with Crippen molar-refractivity contribution in [2.24, 2.45) is 0 Å². The van der Waals surface area contributed by atoms with Crippen molar-refractivity contribution in [2.75, 3.05) is 21.9 Å². The van der Waals surface area contributed by atoms with Gasteiger partial charge in [-0.1, -0.05) is 23.8 Å². The highest BCUT2D eigenvalue weighted by Gasteiger charge is 2.28. The fourth-order valence-corrected chi connectivity index (χ4v) is 4.92. The van der Waals surface area contributed by atoms with E-state index in [1.54, 1.807) is 6.20 Å². The molecule has 26 heavy (non-hydrogen) atoms. The Bertz CT molecular complexity index is 1060. The Kier molecular flexibility index (Phi) is 4.28. The Hall–Kier alpha value is -2.60. The number of aromatic nitrogens is 1. The van der Waals surface area contributed by atoms with Crippen LogP contribution < -0.4 is 9.62 Å². The van der Waals surface area contributed by atoms with Crippen LogP contribution in [-0.4, -0.2) is 25.7 Å². The monoisotopic (exact) mass is 367 g/mol. The molecule has 0 bridgehead atoms. The molecule has 3 aromatic rings. The molecule has 0 aliphatic carbocycles. The van der Waals surface area contributed by atoms with Crippen molar-refractivity contribution in [1.82, 2.24) is 4.98 Å². The van der Waals surface area contributed by atoms with Gasteiger partial charge in [0.1, 0.15) is 0 Å². The SMILES string of the molecule is Cc1ccc2nccc(NCc3cccc(N4CCCS4(=O)=O)c3)c2c1. The number of rotatable bonds is 4. The summed E-state index contributed by atoms with van der Waals surface area (Å²) < 4.78 is 25.8. The van der Waals surface area contributed by atoms with Gasteiger partial charge in [-0.3, -0.25) is 9.29 Å². The van der Waals surface area contributed by atoms with Gasteiger partial charge >= 0.3 is 0 Å². The van der Waals surface area contributed by atoms with E-state index in [1.165, 1.54) is 9.87 Å². The molecule has 2 heterocycles. The van der Waals surface area contributed by atoms with E-state index in [-0.39, 0.29) is 5.75 Å². The molecule has 2 aromatic carbocycles. The van der Waals surface area contributed by atoms with Crippen molar-refractivity contribution >= 4 is 32.3 Å². The van der Waals surface area contributed by atoms with Crippen LogP contribution in [-0.2, 0) is 16.6 Å². The molecule has 0 saturated carbocycles. The number of nitrogens with zero attached hydrogens (tertiary/aromatic N) is 2. The maximum Gasteiger partial charge on any atom is 0.235 e. The van der Waals surface area contributed by atoms with Crippen molar-refractivity contribution in [1.29, 1.82) is 0 Å². The summed E-state index contributed by atoms with van der Waals surface area (Å²) in [5, 5.41) is 4.55. The molecular formula is C20H21N3O2S. The molecule has 1 N–H and O–H groups in total. The van der Waals surface area contributed by atoms with Gasteiger partial charge in [0.15, 0.2) is 0 Å². The van der Waals surface area contributed by atoms with Crippen LogP contribution in [0.4, 0.5) is 11.4 Å². The minimum atomic E-state index is -3.15. The molecule has 1 aliphatic heterocycles. The zero-order valence-corrected chi connectivity index (χ0v) is 15.5. The van der Waals surface area contributed by atoms with Crippen LogP contribution in [0, 0.1) is 6.92 Å². The minimum absolute atomic E-state index is 0.234. The number of sulfonamides is 1. The summed E-state index contributed by atoms with van der Waals surface area (Å²) in [4.78, 5) is 4.41. The fraction of sp³-hybridized carbons (Fsp3) is 0.250. The Labute approximate surface area is 153 Å². The predicted molar refractivity (Wildman–Crippen MR) is 106 cm³/mol. The molecule has 1 saturated heterocycles. The van der Waals surface area contributed by atoms with Crippen LogP contribution in [0.5, 0.6) is 0 Å². The van der Waals surface area contributed by atoms with E-state index in [1.807, 2.05) is 36.4 Å². The van der Waals surface area contributed by atoms with E-state index < -0.39 is 10.0 Å². The lowest BCUT2D eigenvalue weighted by atomic mass is 10.1. The summed E-state index contributed by atoms with van der Waals surface area (Å²) >= 11 is 0. The summed E-state index contributed by atoms with van der Waals surface area (Å²) in [5.74, 6) is 0.234. The number of hydrogen-bond donors (Lipinski definition) is 1. The van der Waals surface area contributed by atoms with Crippen molar-refractivity contribution in [3.8, 4) is 0 Å². The van der Waals surface area contributed by atoms with E-state index >= 15 is 0 Å². The van der Waals surface area contributed by atoms with Gasteiger partial charge in [0.2, 0.25) is 10.0 Å². The lowest BCUT2D eigenvalue weighted by Gasteiger charge is -2.18. The molecular weight excluding hydrogens is 346 g/mol. The quantitative estimate of drug-likeness (QED) is 0.764. The molecule has 0 atom stereocenters. The lowest BCUT2D eigenvalue weighted by molar-refractivity contribution is 0.599. The molecule has 4 rings (SSSR count). The standard InChI is InChI=1S/C20H21N3O2S/c1-15-6-7-19-18(12-15)20(8-9-21-19)22-14-16-4-2-5-17(13-16)23-10-3-11-26(23,24)25/h2,4-9,12-13H,3,10-11,14H2,1H3,(H,21,22). The number of hydrogen-bond acceptors (Lipinski definition) is 4. The summed E-state index contributed by atoms with van der Waals surface area (Å²) in [6, 6.07) is 15.9. The number of aryl methyl sites for hydroxylation is 1. The van der Waals surface area contributed by atoms with Crippen LogP contribution in [0.2, 0.25) is 0 Å². The maximum atomic E-state index is 12.1. The molecule has 1 fully saturated rings. The number of anilines is 2. The van der Waals surface area contributed by atoms with Gasteiger partial charge in [-0.15, -0.1) is 0 Å². The fourth-order valence-electron chi connectivity index (χ4n) is 3.36. The van der Waals surface area contributed by atoms with Crippen LogP contribution in [0.15, 0.2) is 54.7 Å². The Morgan fingerprint density at radius 3 is 2.85 bits per heavy atom. The second-order valence-corrected chi connectivity index (χ2v) is 8.66. The highest BCUT2D eigenvalue weighted by Crippen LogP contribution is 2.26. The maximum absolute atomic E-state index is 12.1. The van der Waals surface area contributed by atoms with Crippen LogP contribution >= 0.6 is 0 Å². The van der Waals surface area contributed by atoms with Gasteiger partial charge in [-0.25, -0.2) is 8.42 Å². The second kappa shape index (κ2) is 6.61. The Morgan fingerprint density at radius 2 is 2.04 bits per heavy atom. The molecule has 6 heteroatoms. The van der Waals surface area contributed by atoms with Crippen molar-refractivity contribution in [2.45, 2.75) is 19.9 Å². The van der Waals surface area contributed by atoms with Gasteiger partial charge < -0.3 is 5.32 Å². The van der Waals surface area contributed by atoms with Crippen LogP contribution in [0.1, 0.15) is 17.5 Å². The number of fused-ring (bicyclic) bond motifs is 1. The van der Waals surface area contributed by atoms with Gasteiger partial charge in [0, 0.05) is 30.4 Å². The van der Waals surface area contributed by atoms with Gasteiger partial charge in [-0.2, -0.15) is 0 Å². The van der Waals surface area contributed by atoms with Crippen LogP contribution in [0.25, 0.3) is 10.9 Å². The molecule has 0 amide bonds. The van der Waals surface area contributed by atoms with Gasteiger partial charge in [-0.05, 0) is 49.2 Å². The predicted octanol–water partition coefficient (Wildman–Crippen LogP) is 3.70. The normalized spacial score (nSPS) is 16.1. The second-order valence-electron chi connectivity index (χ2n) is 6.64. The van der Waals surface area contributed by atoms with E-state index in [0.717, 1.165) is 27.8 Å². The van der Waals surface area contributed by atoms with E-state index in [4.69, 9.17) is 0 Å². The molecule has 5 nitrogen and oxygen atoms in total. The molecule has 1 aliphatic rings. The molecule has 0 unspecified atom stereocenters. The minimum Gasteiger partial charge on any atom is -0.380 e. The highest BCUT2D eigenvalue weighted by atomic mass is 32.2. The number of nitrogens with one attached hydrogen (secondary N) is 1. The summed E-state index contributed by atoms with van der Waals surface area (Å²) in [6.07, 6.45) is 2.49. The number of benzene rings is 2. The number of pyridine rings is 1. The van der Waals surface area contributed by atoms with E-state index in [9.17, 15) is 8.42 Å². The van der Waals surface area contributed by atoms with Crippen molar-refractivity contribution in [3.05, 3.63) is 65.9 Å². The molecule has 1 aromatic heterocycles. The van der Waals surface area contributed by atoms with Crippen molar-refractivity contribution in [3.63, 3.8) is 0 Å². The summed E-state index contributed by atoms with van der Waals surface area (Å²) in [7, 11) is -3.15. The first-order valence-electron chi connectivity index (χ1n) is 8.71. The van der Waals surface area contributed by atoms with Gasteiger partial charge in [0.25, 0.3) is 0 Å². The first-order valence-corrected chi connectivity index (χ1v) is 10.3. The first-order chi connectivity index (χ1) is 12.5. The first kappa shape index (κ1) is 16.8. The lowest BCUT2D eigenvalue weighted by Crippen LogP contribution is -2.25. The average Bonchev–Trinajstić information content (AvgIpc) is 2.99. The Morgan fingerprint density at radius 1 is 1.15 bits per heavy atom. The molecule has 0 spiro atoms. The zero-order valence-electron chi connectivity index (χ0n) is 14.6. The van der Waals surface area contributed by atoms with Crippen molar-refractivity contribution < 1.29 is 8.42 Å². The topological polar surface area (TPSA) is 62.3 Å². The third-order valence-corrected chi connectivity index (χ3v) is 6.55. The largest absolute Gasteiger partial charge is 0.380 e. The third kappa shape index (κ3) is 3.24. The third-order valence-electron chi connectivity index (χ3n) is 4.68. The molecule has 134 valence electrons. The summed E-state index contributed by atoms with van der Waals surface area (Å²) in [6.45, 7) is 3.25. The smallest absolute Gasteiger partial charge is 0.235 e. The Balaban J connectivity index is 1.58. The zero-order chi connectivity index (χ0) is 18.1. The van der Waals surface area contributed by atoms with E-state index in [0.29, 0.717) is 19.5 Å². The molecule has 0 radical (unpaired) electrons. The average molecular weight is 367 g/mol. The summed E-state index contributed by atoms with van der Waals surface area (Å²) in [5.41, 5.74) is 4.96. The van der Waals surface area contributed by atoms with Gasteiger partial charge in [0.05, 0.1) is 17.0 Å². The highest BCUT2D eigenvalue weighted by molar-refractivity contribution is 7.93.